The van der Waals surface area contributed by atoms with Gasteiger partial charge < -0.3 is 15.0 Å². The zero-order valence-electron chi connectivity index (χ0n) is 12.3. The summed E-state index contributed by atoms with van der Waals surface area (Å²) in [5, 5.41) is 4.77. The first kappa shape index (κ1) is 17.3. The van der Waals surface area contributed by atoms with Crippen LogP contribution >= 0.6 is 35.4 Å². The highest BCUT2D eigenvalue weighted by Crippen LogP contribution is 2.24. The first-order chi connectivity index (χ1) is 10.5. The van der Waals surface area contributed by atoms with Gasteiger partial charge in [0, 0.05) is 28.8 Å². The van der Waals surface area contributed by atoms with E-state index in [0.29, 0.717) is 28.3 Å². The van der Waals surface area contributed by atoms with E-state index in [1.165, 1.54) is 0 Å². The Labute approximate surface area is 145 Å². The number of hydrogen-bond acceptors (Lipinski definition) is 3. The third kappa shape index (κ3) is 4.73. The van der Waals surface area contributed by atoms with E-state index < -0.39 is 0 Å². The Morgan fingerprint density at radius 2 is 2.09 bits per heavy atom. The van der Waals surface area contributed by atoms with Crippen molar-refractivity contribution in [2.45, 2.75) is 19.8 Å². The summed E-state index contributed by atoms with van der Waals surface area (Å²) in [6, 6.07) is 5.17. The summed E-state index contributed by atoms with van der Waals surface area (Å²) in [6.07, 6.45) is 1.74. The molecular formula is C15H18Cl2N2O2S. The van der Waals surface area contributed by atoms with E-state index in [0.717, 1.165) is 25.1 Å². The van der Waals surface area contributed by atoms with Gasteiger partial charge in [-0.15, -0.1) is 0 Å². The quantitative estimate of drug-likeness (QED) is 0.652. The van der Waals surface area contributed by atoms with Crippen LogP contribution in [-0.2, 0) is 9.53 Å². The first-order valence-electron chi connectivity index (χ1n) is 7.18. The normalized spacial score (nSPS) is 18.0. The number of carbonyl (C=O) groups is 1. The van der Waals surface area contributed by atoms with Crippen molar-refractivity contribution in [3.63, 3.8) is 0 Å². The number of halogens is 2. The van der Waals surface area contributed by atoms with Crippen LogP contribution in [0.4, 0.5) is 5.69 Å². The number of likely N-dealkylation sites (tertiary alicyclic amines) is 1. The lowest BCUT2D eigenvalue weighted by atomic mass is 9.98. The highest BCUT2D eigenvalue weighted by molar-refractivity contribution is 7.80. The molecule has 1 aliphatic rings. The lowest BCUT2D eigenvalue weighted by molar-refractivity contribution is -0.149. The average Bonchev–Trinajstić information content (AvgIpc) is 2.46. The molecule has 0 amide bonds. The topological polar surface area (TPSA) is 41.6 Å². The molecule has 1 aliphatic heterocycles. The van der Waals surface area contributed by atoms with Gasteiger partial charge in [0.15, 0.2) is 5.11 Å². The summed E-state index contributed by atoms with van der Waals surface area (Å²) < 4.78 is 5.09. The number of rotatable bonds is 3. The van der Waals surface area contributed by atoms with Crippen LogP contribution in [0.25, 0.3) is 0 Å². The fourth-order valence-electron chi connectivity index (χ4n) is 2.44. The summed E-state index contributed by atoms with van der Waals surface area (Å²) in [5.41, 5.74) is 0.737. The Bertz CT molecular complexity index is 548. The molecule has 0 unspecified atom stereocenters. The van der Waals surface area contributed by atoms with Crippen LogP contribution in [0, 0.1) is 5.92 Å². The minimum Gasteiger partial charge on any atom is -0.466 e. The summed E-state index contributed by atoms with van der Waals surface area (Å²) in [4.78, 5) is 13.8. The molecule has 0 spiro atoms. The highest BCUT2D eigenvalue weighted by atomic mass is 35.5. The van der Waals surface area contributed by atoms with Gasteiger partial charge in [0.2, 0.25) is 0 Å². The molecule has 1 heterocycles. The van der Waals surface area contributed by atoms with Gasteiger partial charge in [-0.05, 0) is 50.2 Å². The van der Waals surface area contributed by atoms with Crippen LogP contribution < -0.4 is 5.32 Å². The van der Waals surface area contributed by atoms with E-state index in [2.05, 4.69) is 5.32 Å². The average molecular weight is 361 g/mol. The van der Waals surface area contributed by atoms with Crippen LogP contribution in [0.2, 0.25) is 10.0 Å². The van der Waals surface area contributed by atoms with Gasteiger partial charge in [-0.25, -0.2) is 0 Å². The fourth-order valence-corrected chi connectivity index (χ4v) is 3.25. The maximum absolute atomic E-state index is 11.9. The number of nitrogens with zero attached hydrogens (tertiary/aromatic N) is 1. The molecule has 2 rings (SSSR count). The second kappa shape index (κ2) is 7.99. The molecule has 0 saturated carbocycles. The zero-order valence-corrected chi connectivity index (χ0v) is 14.6. The second-order valence-corrected chi connectivity index (χ2v) is 6.39. The van der Waals surface area contributed by atoms with Gasteiger partial charge in [0.05, 0.1) is 12.5 Å². The molecule has 1 fully saturated rings. The van der Waals surface area contributed by atoms with E-state index in [9.17, 15) is 4.79 Å². The van der Waals surface area contributed by atoms with Crippen LogP contribution in [0.1, 0.15) is 19.8 Å². The van der Waals surface area contributed by atoms with E-state index in [-0.39, 0.29) is 11.9 Å². The number of anilines is 1. The van der Waals surface area contributed by atoms with Gasteiger partial charge in [-0.1, -0.05) is 23.2 Å². The highest BCUT2D eigenvalue weighted by Gasteiger charge is 2.28. The number of esters is 1. The van der Waals surface area contributed by atoms with Crippen LogP contribution in [0.15, 0.2) is 18.2 Å². The number of hydrogen-bond donors (Lipinski definition) is 1. The van der Waals surface area contributed by atoms with Crippen LogP contribution in [0.3, 0.4) is 0 Å². The SMILES string of the molecule is CCOC(=O)[C@H]1CCCN(C(=S)Nc2cc(Cl)cc(Cl)c2)C1. The van der Waals surface area contributed by atoms with Crippen molar-refractivity contribution < 1.29 is 9.53 Å². The standard InChI is InChI=1S/C15H18Cl2N2O2S/c1-2-21-14(20)10-4-3-5-19(9-10)15(22)18-13-7-11(16)6-12(17)8-13/h6-8,10H,2-5,9H2,1H3,(H,18,22)/t10-/m0/s1. The number of ether oxygens (including phenoxy) is 1. The molecule has 1 saturated heterocycles. The van der Waals surface area contributed by atoms with Crippen molar-refractivity contribution in [2.24, 2.45) is 5.92 Å². The smallest absolute Gasteiger partial charge is 0.310 e. The van der Waals surface area contributed by atoms with Crippen molar-refractivity contribution in [1.82, 2.24) is 4.90 Å². The van der Waals surface area contributed by atoms with Crippen LogP contribution in [-0.4, -0.2) is 35.7 Å². The summed E-state index contributed by atoms with van der Waals surface area (Å²) >= 11 is 17.4. The molecule has 7 heteroatoms. The third-order valence-electron chi connectivity index (χ3n) is 3.44. The number of carbonyl (C=O) groups excluding carboxylic acids is 1. The van der Waals surface area contributed by atoms with Crippen molar-refractivity contribution in [1.29, 1.82) is 0 Å². The lowest BCUT2D eigenvalue weighted by Crippen LogP contribution is -2.44. The third-order valence-corrected chi connectivity index (χ3v) is 4.24. The van der Waals surface area contributed by atoms with Crippen molar-refractivity contribution in [3.8, 4) is 0 Å². The molecule has 1 N–H and O–H groups in total. The Morgan fingerprint density at radius 3 is 2.73 bits per heavy atom. The van der Waals surface area contributed by atoms with Gasteiger partial charge in [-0.2, -0.15) is 0 Å². The fraction of sp³-hybridized carbons (Fsp3) is 0.467. The number of benzene rings is 1. The summed E-state index contributed by atoms with van der Waals surface area (Å²) in [6.45, 7) is 3.60. The molecule has 120 valence electrons. The molecule has 1 aromatic carbocycles. The lowest BCUT2D eigenvalue weighted by Gasteiger charge is -2.33. The van der Waals surface area contributed by atoms with E-state index in [4.69, 9.17) is 40.2 Å². The largest absolute Gasteiger partial charge is 0.466 e. The Kier molecular flexibility index (Phi) is 6.29. The summed E-state index contributed by atoms with van der Waals surface area (Å²) in [7, 11) is 0. The molecule has 4 nitrogen and oxygen atoms in total. The maximum Gasteiger partial charge on any atom is 0.310 e. The molecule has 1 atom stereocenters. The monoisotopic (exact) mass is 360 g/mol. The minimum atomic E-state index is -0.152. The molecule has 0 aromatic heterocycles. The number of nitrogens with one attached hydrogen (secondary N) is 1. The minimum absolute atomic E-state index is 0.128. The van der Waals surface area contributed by atoms with Crippen LogP contribution in [0.5, 0.6) is 0 Å². The maximum atomic E-state index is 11.9. The van der Waals surface area contributed by atoms with E-state index in [1.54, 1.807) is 18.2 Å². The molecule has 0 bridgehead atoms. The van der Waals surface area contributed by atoms with E-state index >= 15 is 0 Å². The Hall–Kier alpha value is -1.04. The molecule has 0 aliphatic carbocycles. The predicted molar refractivity (Wildman–Crippen MR) is 93.6 cm³/mol. The summed E-state index contributed by atoms with van der Waals surface area (Å²) in [5.74, 6) is -0.280. The number of piperidine rings is 1. The number of thiocarbonyl (C=S) groups is 1. The Balaban J connectivity index is 1.98. The van der Waals surface area contributed by atoms with Gasteiger partial charge in [-0.3, -0.25) is 4.79 Å². The predicted octanol–water partition coefficient (Wildman–Crippen LogP) is 3.97. The van der Waals surface area contributed by atoms with Crippen molar-refractivity contribution >= 4 is 52.2 Å². The molecule has 1 aromatic rings. The second-order valence-electron chi connectivity index (χ2n) is 5.13. The van der Waals surface area contributed by atoms with Crippen molar-refractivity contribution in [3.05, 3.63) is 28.2 Å². The van der Waals surface area contributed by atoms with Gasteiger partial charge >= 0.3 is 5.97 Å². The van der Waals surface area contributed by atoms with Gasteiger partial charge in [0.25, 0.3) is 0 Å². The van der Waals surface area contributed by atoms with Crippen molar-refractivity contribution in [2.75, 3.05) is 25.0 Å². The van der Waals surface area contributed by atoms with Gasteiger partial charge in [0.1, 0.15) is 0 Å². The zero-order chi connectivity index (χ0) is 16.1. The molecule has 0 radical (unpaired) electrons. The first-order valence-corrected chi connectivity index (χ1v) is 8.34. The molecular weight excluding hydrogens is 343 g/mol. The Morgan fingerprint density at radius 1 is 1.41 bits per heavy atom. The molecule has 22 heavy (non-hydrogen) atoms. The van der Waals surface area contributed by atoms with E-state index in [1.807, 2.05) is 11.8 Å².